The lowest BCUT2D eigenvalue weighted by atomic mass is 9.97. The molecule has 0 bridgehead atoms. The van der Waals surface area contributed by atoms with Crippen molar-refractivity contribution in [3.63, 3.8) is 0 Å². The van der Waals surface area contributed by atoms with Crippen molar-refractivity contribution in [3.8, 4) is 0 Å². The van der Waals surface area contributed by atoms with Crippen LogP contribution < -0.4 is 10.6 Å². The van der Waals surface area contributed by atoms with Crippen molar-refractivity contribution < 1.29 is 24.0 Å². The highest BCUT2D eigenvalue weighted by Gasteiger charge is 2.44. The zero-order chi connectivity index (χ0) is 20.0. The normalized spacial score (nSPS) is 16.2. The molecule has 0 spiro atoms. The second-order valence-corrected chi connectivity index (χ2v) is 6.50. The monoisotopic (exact) mass is 377 g/mol. The highest BCUT2D eigenvalue weighted by Crippen LogP contribution is 2.31. The second kappa shape index (κ2) is 8.61. The predicted molar refractivity (Wildman–Crippen MR) is 96.0 cm³/mol. The van der Waals surface area contributed by atoms with Gasteiger partial charge in [0.1, 0.15) is 11.6 Å². The molecule has 0 aromatic heterocycles. The summed E-state index contributed by atoms with van der Waals surface area (Å²) in [5, 5.41) is 16.0. The lowest BCUT2D eigenvalue weighted by molar-refractivity contribution is -0.384. The zero-order valence-corrected chi connectivity index (χ0v) is 15.3. The van der Waals surface area contributed by atoms with Gasteiger partial charge in [-0.15, -0.1) is 0 Å². The van der Waals surface area contributed by atoms with Crippen LogP contribution in [0.25, 0.3) is 0 Å². The van der Waals surface area contributed by atoms with Crippen molar-refractivity contribution in [1.29, 1.82) is 0 Å². The van der Waals surface area contributed by atoms with E-state index in [1.807, 2.05) is 0 Å². The molecular weight excluding hydrogens is 354 g/mol. The van der Waals surface area contributed by atoms with Gasteiger partial charge in [0.25, 0.3) is 11.6 Å². The van der Waals surface area contributed by atoms with Crippen molar-refractivity contribution in [2.45, 2.75) is 51.1 Å². The summed E-state index contributed by atoms with van der Waals surface area (Å²) in [6.45, 7) is 3.40. The number of carbonyl (C=O) groups is 3. The van der Waals surface area contributed by atoms with Gasteiger partial charge < -0.3 is 15.4 Å². The highest BCUT2D eigenvalue weighted by molar-refractivity contribution is 5.98. The molecule has 2 rings (SSSR count). The minimum absolute atomic E-state index is 0.0739. The molecule has 1 fully saturated rings. The fourth-order valence-corrected chi connectivity index (χ4v) is 3.08. The Balaban J connectivity index is 2.04. The van der Waals surface area contributed by atoms with Gasteiger partial charge in [-0.2, -0.15) is 0 Å². The molecule has 1 aromatic rings. The molecule has 9 nitrogen and oxygen atoms in total. The van der Waals surface area contributed by atoms with Crippen molar-refractivity contribution >= 4 is 23.5 Å². The van der Waals surface area contributed by atoms with E-state index in [4.69, 9.17) is 4.74 Å². The van der Waals surface area contributed by atoms with Gasteiger partial charge in [0, 0.05) is 17.7 Å². The van der Waals surface area contributed by atoms with Crippen LogP contribution in [-0.4, -0.2) is 40.9 Å². The van der Waals surface area contributed by atoms with E-state index in [9.17, 15) is 24.5 Å². The van der Waals surface area contributed by atoms with E-state index >= 15 is 0 Å². The van der Waals surface area contributed by atoms with E-state index in [2.05, 4.69) is 10.6 Å². The Hall–Kier alpha value is -2.97. The van der Waals surface area contributed by atoms with Crippen LogP contribution in [-0.2, 0) is 14.3 Å². The van der Waals surface area contributed by atoms with Crippen molar-refractivity contribution in [2.75, 3.05) is 6.61 Å². The number of benzene rings is 1. The molecule has 1 saturated carbocycles. The summed E-state index contributed by atoms with van der Waals surface area (Å²) in [5.74, 6) is -1.59. The number of amides is 2. The maximum absolute atomic E-state index is 12.5. The molecule has 1 aliphatic rings. The number of nitro groups is 1. The van der Waals surface area contributed by atoms with Crippen molar-refractivity contribution in [1.82, 2.24) is 10.6 Å². The summed E-state index contributed by atoms with van der Waals surface area (Å²) in [7, 11) is 0. The number of carbonyl (C=O) groups excluding carboxylic acids is 3. The minimum atomic E-state index is -1.06. The number of hydrogen-bond acceptors (Lipinski definition) is 6. The Morgan fingerprint density at radius 3 is 2.56 bits per heavy atom. The van der Waals surface area contributed by atoms with Gasteiger partial charge >= 0.3 is 5.97 Å². The number of esters is 1. The van der Waals surface area contributed by atoms with Gasteiger partial charge in [-0.1, -0.05) is 18.9 Å². The van der Waals surface area contributed by atoms with E-state index in [0.29, 0.717) is 12.8 Å². The summed E-state index contributed by atoms with van der Waals surface area (Å²) < 4.78 is 5.09. The zero-order valence-electron chi connectivity index (χ0n) is 15.3. The Kier molecular flexibility index (Phi) is 6.49. The van der Waals surface area contributed by atoms with E-state index < -0.39 is 34.3 Å². The molecule has 1 aromatic carbocycles. The van der Waals surface area contributed by atoms with Crippen LogP contribution >= 0.6 is 0 Å². The van der Waals surface area contributed by atoms with Crippen molar-refractivity contribution in [2.24, 2.45) is 0 Å². The number of rotatable bonds is 7. The Bertz CT molecular complexity index is 742. The van der Waals surface area contributed by atoms with Gasteiger partial charge in [0.2, 0.25) is 5.91 Å². The molecule has 2 amide bonds. The Labute approximate surface area is 156 Å². The fraction of sp³-hybridized carbons (Fsp3) is 0.500. The van der Waals surface area contributed by atoms with Gasteiger partial charge in [-0.25, -0.2) is 4.79 Å². The quantitative estimate of drug-likeness (QED) is 0.423. The number of nitrogens with zero attached hydrogens (tertiary/aromatic N) is 1. The molecule has 0 heterocycles. The third-order valence-corrected chi connectivity index (χ3v) is 4.55. The Morgan fingerprint density at radius 1 is 1.30 bits per heavy atom. The molecule has 9 heteroatoms. The van der Waals surface area contributed by atoms with Gasteiger partial charge in [-0.05, 0) is 32.8 Å². The van der Waals surface area contributed by atoms with Crippen molar-refractivity contribution in [3.05, 3.63) is 39.9 Å². The molecule has 0 radical (unpaired) electrons. The number of non-ortho nitro benzene ring substituents is 1. The topological polar surface area (TPSA) is 128 Å². The maximum atomic E-state index is 12.5. The van der Waals surface area contributed by atoms with E-state index in [-0.39, 0.29) is 17.9 Å². The highest BCUT2D eigenvalue weighted by atomic mass is 16.6. The number of ether oxygens (including phenoxy) is 1. The first-order chi connectivity index (χ1) is 12.8. The SMILES string of the molecule is CCOC(=O)C1(NC(=O)C(C)NC(=O)c2cccc([N+](=O)[O-])c2)CCCC1. The van der Waals surface area contributed by atoms with E-state index in [1.165, 1.54) is 25.1 Å². The van der Waals surface area contributed by atoms with Crippen LogP contribution in [0, 0.1) is 10.1 Å². The van der Waals surface area contributed by atoms with Crippen LogP contribution in [0.1, 0.15) is 49.9 Å². The van der Waals surface area contributed by atoms with Crippen LogP contribution in [0.3, 0.4) is 0 Å². The smallest absolute Gasteiger partial charge is 0.331 e. The summed E-state index contributed by atoms with van der Waals surface area (Å²) in [5.41, 5.74) is -1.20. The molecule has 0 saturated heterocycles. The fourth-order valence-electron chi connectivity index (χ4n) is 3.08. The standard InChI is InChI=1S/C18H23N3O6/c1-3-27-17(24)18(9-4-5-10-18)20-15(22)12(2)19-16(23)13-7-6-8-14(11-13)21(25)26/h6-8,11-12H,3-5,9-10H2,1-2H3,(H,19,23)(H,20,22). The second-order valence-electron chi connectivity index (χ2n) is 6.50. The predicted octanol–water partition coefficient (Wildman–Crippen LogP) is 1.71. The Morgan fingerprint density at radius 2 is 1.96 bits per heavy atom. The largest absolute Gasteiger partial charge is 0.464 e. The molecule has 2 N–H and O–H groups in total. The first kappa shape index (κ1) is 20.3. The number of nitro benzene ring substituents is 1. The molecule has 1 atom stereocenters. The first-order valence-electron chi connectivity index (χ1n) is 8.83. The van der Waals surface area contributed by atoms with Gasteiger partial charge in [0.15, 0.2) is 0 Å². The van der Waals surface area contributed by atoms with Gasteiger partial charge in [0.05, 0.1) is 11.5 Å². The van der Waals surface area contributed by atoms with E-state index in [0.717, 1.165) is 18.9 Å². The molecule has 27 heavy (non-hydrogen) atoms. The molecule has 0 aliphatic heterocycles. The lowest BCUT2D eigenvalue weighted by Crippen LogP contribution is -2.58. The first-order valence-corrected chi connectivity index (χ1v) is 8.83. The third-order valence-electron chi connectivity index (χ3n) is 4.55. The molecule has 1 aliphatic carbocycles. The summed E-state index contributed by atoms with van der Waals surface area (Å²) in [6, 6.07) is 4.30. The number of nitrogens with one attached hydrogen (secondary N) is 2. The molecular formula is C18H23N3O6. The third kappa shape index (κ3) is 4.81. The van der Waals surface area contributed by atoms with E-state index in [1.54, 1.807) is 6.92 Å². The van der Waals surface area contributed by atoms with Crippen LogP contribution in [0.15, 0.2) is 24.3 Å². The van der Waals surface area contributed by atoms with Crippen LogP contribution in [0.5, 0.6) is 0 Å². The molecule has 146 valence electrons. The average molecular weight is 377 g/mol. The summed E-state index contributed by atoms with van der Waals surface area (Å²) >= 11 is 0. The maximum Gasteiger partial charge on any atom is 0.331 e. The summed E-state index contributed by atoms with van der Waals surface area (Å²) in [6.07, 6.45) is 2.58. The number of hydrogen-bond donors (Lipinski definition) is 2. The van der Waals surface area contributed by atoms with Crippen LogP contribution in [0.4, 0.5) is 5.69 Å². The lowest BCUT2D eigenvalue weighted by Gasteiger charge is -2.29. The average Bonchev–Trinajstić information content (AvgIpc) is 3.11. The minimum Gasteiger partial charge on any atom is -0.464 e. The van der Waals surface area contributed by atoms with Crippen LogP contribution in [0.2, 0.25) is 0 Å². The summed E-state index contributed by atoms with van der Waals surface area (Å²) in [4.78, 5) is 47.3. The molecule has 1 unspecified atom stereocenters. The van der Waals surface area contributed by atoms with Gasteiger partial charge in [-0.3, -0.25) is 19.7 Å².